The molecule has 1 aromatic heterocycles. The predicted octanol–water partition coefficient (Wildman–Crippen LogP) is 3.50. The van der Waals surface area contributed by atoms with Gasteiger partial charge in [-0.15, -0.1) is 0 Å². The number of carbonyl (C=O) groups excluding carboxylic acids is 1. The van der Waals surface area contributed by atoms with Crippen molar-refractivity contribution in [3.8, 4) is 5.75 Å². The third-order valence-corrected chi connectivity index (χ3v) is 4.44. The second kappa shape index (κ2) is 8.65. The zero-order valence-electron chi connectivity index (χ0n) is 15.7. The molecule has 5 nitrogen and oxygen atoms in total. The monoisotopic (exact) mass is 385 g/mol. The normalized spacial score (nSPS) is 10.7. The number of nitrogens with one attached hydrogen (secondary N) is 1. The van der Waals surface area contributed by atoms with Gasteiger partial charge in [0.05, 0.1) is 7.11 Å². The van der Waals surface area contributed by atoms with E-state index in [4.69, 9.17) is 4.74 Å². The molecular formula is C21H21F2N3O2. The summed E-state index contributed by atoms with van der Waals surface area (Å²) in [7, 11) is 1.37. The highest BCUT2D eigenvalue weighted by Crippen LogP contribution is 2.17. The quantitative estimate of drug-likeness (QED) is 0.677. The Hall–Kier alpha value is -3.22. The highest BCUT2D eigenvalue weighted by Gasteiger charge is 2.12. The summed E-state index contributed by atoms with van der Waals surface area (Å²) in [5, 5.41) is 2.77. The fourth-order valence-corrected chi connectivity index (χ4v) is 2.90. The Kier molecular flexibility index (Phi) is 6.03. The van der Waals surface area contributed by atoms with E-state index in [1.807, 2.05) is 11.5 Å². The van der Waals surface area contributed by atoms with E-state index in [0.29, 0.717) is 19.5 Å². The molecule has 0 saturated carbocycles. The highest BCUT2D eigenvalue weighted by atomic mass is 19.1. The summed E-state index contributed by atoms with van der Waals surface area (Å²) in [6.07, 6.45) is 2.28. The van der Waals surface area contributed by atoms with Crippen molar-refractivity contribution in [3.05, 3.63) is 82.9 Å². The molecule has 7 heteroatoms. The van der Waals surface area contributed by atoms with Crippen molar-refractivity contribution in [2.45, 2.75) is 19.9 Å². The van der Waals surface area contributed by atoms with E-state index in [-0.39, 0.29) is 23.0 Å². The van der Waals surface area contributed by atoms with E-state index < -0.39 is 5.82 Å². The maximum Gasteiger partial charge on any atom is 0.251 e. The number of hydrogen-bond donors (Lipinski definition) is 1. The Bertz CT molecular complexity index is 968. The van der Waals surface area contributed by atoms with Gasteiger partial charge in [-0.25, -0.2) is 13.8 Å². The van der Waals surface area contributed by atoms with Crippen molar-refractivity contribution >= 4 is 5.91 Å². The first-order chi connectivity index (χ1) is 13.5. The molecule has 0 saturated heterocycles. The molecule has 0 radical (unpaired) electrons. The molecule has 0 fully saturated rings. The van der Waals surface area contributed by atoms with Crippen LogP contribution >= 0.6 is 0 Å². The number of rotatable bonds is 7. The highest BCUT2D eigenvalue weighted by molar-refractivity contribution is 5.94. The Balaban J connectivity index is 1.61. The van der Waals surface area contributed by atoms with E-state index in [0.717, 1.165) is 23.1 Å². The van der Waals surface area contributed by atoms with Crippen molar-refractivity contribution in [1.82, 2.24) is 14.9 Å². The molecule has 0 aliphatic carbocycles. The number of ether oxygens (including phenoxy) is 1. The second-order valence-electron chi connectivity index (χ2n) is 6.38. The molecule has 0 bridgehead atoms. The van der Waals surface area contributed by atoms with E-state index >= 15 is 0 Å². The SMILES string of the molecule is COc1ccc(C(=O)NCCc2ncc(C)n2Cc2ccc(F)cc2)cc1F. The van der Waals surface area contributed by atoms with Gasteiger partial charge in [-0.1, -0.05) is 12.1 Å². The summed E-state index contributed by atoms with van der Waals surface area (Å²) in [6.45, 7) is 2.87. The summed E-state index contributed by atoms with van der Waals surface area (Å²) in [6, 6.07) is 10.4. The maximum atomic E-state index is 13.7. The Morgan fingerprint density at radius 2 is 1.93 bits per heavy atom. The van der Waals surface area contributed by atoms with Crippen molar-refractivity contribution < 1.29 is 18.3 Å². The van der Waals surface area contributed by atoms with Crippen LogP contribution in [0.4, 0.5) is 8.78 Å². The third kappa shape index (κ3) is 4.54. The number of amides is 1. The van der Waals surface area contributed by atoms with Crippen LogP contribution in [0.25, 0.3) is 0 Å². The van der Waals surface area contributed by atoms with E-state index in [9.17, 15) is 13.6 Å². The first-order valence-electron chi connectivity index (χ1n) is 8.85. The molecular weight excluding hydrogens is 364 g/mol. The standard InChI is InChI=1S/C21H21F2N3O2/c1-14-12-25-20(26(14)13-15-3-6-17(22)7-4-15)9-10-24-21(27)16-5-8-19(28-2)18(23)11-16/h3-8,11-12H,9-10,13H2,1-2H3,(H,24,27). The minimum absolute atomic E-state index is 0.0924. The van der Waals surface area contributed by atoms with Crippen LogP contribution in [0, 0.1) is 18.6 Å². The average Bonchev–Trinajstić information content (AvgIpc) is 3.03. The fourth-order valence-electron chi connectivity index (χ4n) is 2.90. The van der Waals surface area contributed by atoms with Gasteiger partial charge < -0.3 is 14.6 Å². The van der Waals surface area contributed by atoms with Gasteiger partial charge in [-0.2, -0.15) is 0 Å². The predicted molar refractivity (Wildman–Crippen MR) is 101 cm³/mol. The number of carbonyl (C=O) groups is 1. The van der Waals surface area contributed by atoms with Gasteiger partial charge in [0.1, 0.15) is 11.6 Å². The largest absolute Gasteiger partial charge is 0.494 e. The number of halogens is 2. The van der Waals surface area contributed by atoms with Crippen LogP contribution in [0.5, 0.6) is 5.75 Å². The molecule has 1 N–H and O–H groups in total. The number of imidazole rings is 1. The second-order valence-corrected chi connectivity index (χ2v) is 6.38. The fraction of sp³-hybridized carbons (Fsp3) is 0.238. The van der Waals surface area contributed by atoms with Gasteiger partial charge in [0, 0.05) is 37.0 Å². The summed E-state index contributed by atoms with van der Waals surface area (Å²) >= 11 is 0. The summed E-state index contributed by atoms with van der Waals surface area (Å²) in [5.41, 5.74) is 2.16. The topological polar surface area (TPSA) is 56.1 Å². The van der Waals surface area contributed by atoms with Crippen LogP contribution in [0.2, 0.25) is 0 Å². The van der Waals surface area contributed by atoms with Gasteiger partial charge in [-0.3, -0.25) is 4.79 Å². The number of nitrogens with zero attached hydrogens (tertiary/aromatic N) is 2. The minimum Gasteiger partial charge on any atom is -0.494 e. The number of aryl methyl sites for hydroxylation is 1. The number of benzene rings is 2. The summed E-state index contributed by atoms with van der Waals surface area (Å²) in [4.78, 5) is 16.6. The number of hydrogen-bond acceptors (Lipinski definition) is 3. The molecule has 1 heterocycles. The Morgan fingerprint density at radius 3 is 2.61 bits per heavy atom. The first kappa shape index (κ1) is 19.5. The minimum atomic E-state index is -0.583. The van der Waals surface area contributed by atoms with Crippen LogP contribution in [0.1, 0.15) is 27.4 Å². The lowest BCUT2D eigenvalue weighted by molar-refractivity contribution is 0.0953. The van der Waals surface area contributed by atoms with Crippen LogP contribution in [-0.2, 0) is 13.0 Å². The molecule has 3 aromatic rings. The first-order valence-corrected chi connectivity index (χ1v) is 8.85. The van der Waals surface area contributed by atoms with Crippen molar-refractivity contribution in [1.29, 1.82) is 0 Å². The zero-order valence-corrected chi connectivity index (χ0v) is 15.7. The van der Waals surface area contributed by atoms with Crippen LogP contribution in [0.15, 0.2) is 48.7 Å². The van der Waals surface area contributed by atoms with Crippen molar-refractivity contribution in [2.75, 3.05) is 13.7 Å². The van der Waals surface area contributed by atoms with Crippen molar-refractivity contribution in [3.63, 3.8) is 0 Å². The van der Waals surface area contributed by atoms with Crippen LogP contribution in [0.3, 0.4) is 0 Å². The molecule has 0 spiro atoms. The van der Waals surface area contributed by atoms with Gasteiger partial charge in [0.15, 0.2) is 11.6 Å². The Morgan fingerprint density at radius 1 is 1.18 bits per heavy atom. The lowest BCUT2D eigenvalue weighted by atomic mass is 10.2. The van der Waals surface area contributed by atoms with Crippen LogP contribution < -0.4 is 10.1 Å². The zero-order chi connectivity index (χ0) is 20.1. The lowest BCUT2D eigenvalue weighted by Gasteiger charge is -2.11. The molecule has 0 atom stereocenters. The van der Waals surface area contributed by atoms with Crippen LogP contribution in [-0.4, -0.2) is 29.1 Å². The van der Waals surface area contributed by atoms with E-state index in [1.165, 1.54) is 31.4 Å². The molecule has 1 amide bonds. The molecule has 146 valence electrons. The molecule has 0 unspecified atom stereocenters. The van der Waals surface area contributed by atoms with Gasteiger partial charge >= 0.3 is 0 Å². The lowest BCUT2D eigenvalue weighted by Crippen LogP contribution is -2.26. The smallest absolute Gasteiger partial charge is 0.251 e. The molecule has 0 aliphatic rings. The molecule has 0 aliphatic heterocycles. The summed E-state index contributed by atoms with van der Waals surface area (Å²) in [5.74, 6) is -0.322. The van der Waals surface area contributed by atoms with E-state index in [2.05, 4.69) is 10.3 Å². The van der Waals surface area contributed by atoms with Gasteiger partial charge in [0.25, 0.3) is 5.91 Å². The van der Waals surface area contributed by atoms with Gasteiger partial charge in [0.2, 0.25) is 0 Å². The van der Waals surface area contributed by atoms with Crippen molar-refractivity contribution in [2.24, 2.45) is 0 Å². The molecule has 28 heavy (non-hydrogen) atoms. The van der Waals surface area contributed by atoms with Gasteiger partial charge in [-0.05, 0) is 42.8 Å². The van der Waals surface area contributed by atoms with E-state index in [1.54, 1.807) is 18.3 Å². The number of aromatic nitrogens is 2. The third-order valence-electron chi connectivity index (χ3n) is 4.44. The Labute approximate surface area is 162 Å². The summed E-state index contributed by atoms with van der Waals surface area (Å²) < 4.78 is 33.7. The molecule has 3 rings (SSSR count). The average molecular weight is 385 g/mol. The number of methoxy groups -OCH3 is 1. The molecule has 2 aromatic carbocycles. The maximum absolute atomic E-state index is 13.7.